The molecule has 8 heteroatoms. The number of methoxy groups -OCH3 is 1. The van der Waals surface area contributed by atoms with Crippen LogP contribution >= 0.6 is 0 Å². The molecule has 0 unspecified atom stereocenters. The van der Waals surface area contributed by atoms with Crippen molar-refractivity contribution in [3.63, 3.8) is 0 Å². The molecule has 5 rings (SSSR count). The molecule has 0 aliphatic carbocycles. The lowest BCUT2D eigenvalue weighted by molar-refractivity contribution is 0.0354. The minimum absolute atomic E-state index is 0.533. The Kier molecular flexibility index (Phi) is 5.07. The van der Waals surface area contributed by atoms with Crippen molar-refractivity contribution in [3.8, 4) is 11.4 Å². The highest BCUT2D eigenvalue weighted by Gasteiger charge is 2.40. The summed E-state index contributed by atoms with van der Waals surface area (Å²) in [6.45, 7) is 2.67. The van der Waals surface area contributed by atoms with Crippen molar-refractivity contribution in [2.45, 2.75) is 31.9 Å². The van der Waals surface area contributed by atoms with Gasteiger partial charge < -0.3 is 14.4 Å². The Bertz CT molecular complexity index is 1280. The average Bonchev–Trinajstić information content (AvgIpc) is 3.45. The normalized spacial score (nSPS) is 18.1. The van der Waals surface area contributed by atoms with E-state index >= 15 is 0 Å². The molecule has 1 N–H and O–H groups in total. The van der Waals surface area contributed by atoms with Crippen LogP contribution in [0.2, 0.25) is 0 Å². The Hall–Kier alpha value is -3.78. The number of pyridine rings is 1. The van der Waals surface area contributed by atoms with Crippen LogP contribution in [0, 0.1) is 6.92 Å². The van der Waals surface area contributed by atoms with Gasteiger partial charge in [0.15, 0.2) is 17.2 Å². The van der Waals surface area contributed by atoms with Crippen molar-refractivity contribution < 1.29 is 9.84 Å². The van der Waals surface area contributed by atoms with E-state index in [0.29, 0.717) is 23.8 Å². The molecule has 0 saturated carbocycles. The molecule has 0 saturated heterocycles. The van der Waals surface area contributed by atoms with E-state index in [-0.39, 0.29) is 0 Å². The monoisotopic (exact) mass is 428 g/mol. The number of fused-ring (bicyclic) bond motifs is 1. The largest absolute Gasteiger partial charge is 0.495 e. The van der Waals surface area contributed by atoms with Gasteiger partial charge in [-0.2, -0.15) is 5.10 Å². The Balaban J connectivity index is 1.44. The zero-order valence-electron chi connectivity index (χ0n) is 18.0. The predicted octanol–water partition coefficient (Wildman–Crippen LogP) is 3.38. The lowest BCUT2D eigenvalue weighted by Gasteiger charge is -2.30. The van der Waals surface area contributed by atoms with E-state index in [1.165, 1.54) is 0 Å². The molecule has 1 atom stereocenters. The van der Waals surface area contributed by atoms with E-state index in [0.717, 1.165) is 35.7 Å². The summed E-state index contributed by atoms with van der Waals surface area (Å²) in [6.07, 6.45) is 10.6. The smallest absolute Gasteiger partial charge is 0.174 e. The van der Waals surface area contributed by atoms with Gasteiger partial charge in [0.1, 0.15) is 5.75 Å². The highest BCUT2D eigenvalue weighted by molar-refractivity contribution is 5.69. The summed E-state index contributed by atoms with van der Waals surface area (Å²) in [5, 5.41) is 16.0. The van der Waals surface area contributed by atoms with Gasteiger partial charge in [0.2, 0.25) is 0 Å². The second kappa shape index (κ2) is 8.05. The van der Waals surface area contributed by atoms with Crippen LogP contribution in [0.1, 0.15) is 41.4 Å². The fraction of sp³-hybridized carbons (Fsp3) is 0.250. The number of ether oxygens (including phenoxy) is 1. The predicted molar refractivity (Wildman–Crippen MR) is 120 cm³/mol. The van der Waals surface area contributed by atoms with E-state index in [9.17, 15) is 5.11 Å². The molecule has 0 radical (unpaired) electrons. The van der Waals surface area contributed by atoms with Gasteiger partial charge in [0.05, 0.1) is 30.5 Å². The van der Waals surface area contributed by atoms with Crippen molar-refractivity contribution in [2.24, 2.45) is 0 Å². The number of hydrogen-bond acceptors (Lipinski definition) is 6. The molecule has 0 bridgehead atoms. The number of benzene rings is 1. The van der Waals surface area contributed by atoms with Crippen LogP contribution in [-0.4, -0.2) is 41.5 Å². The first-order valence-electron chi connectivity index (χ1n) is 10.5. The molecule has 1 aromatic carbocycles. The summed E-state index contributed by atoms with van der Waals surface area (Å²) in [5.74, 6) is 1.82. The molecule has 8 nitrogen and oxygen atoms in total. The fourth-order valence-corrected chi connectivity index (χ4v) is 4.07. The van der Waals surface area contributed by atoms with Crippen molar-refractivity contribution in [1.29, 1.82) is 0 Å². The van der Waals surface area contributed by atoms with Crippen molar-refractivity contribution in [1.82, 2.24) is 29.3 Å². The first-order valence-corrected chi connectivity index (χ1v) is 10.5. The van der Waals surface area contributed by atoms with Crippen LogP contribution in [-0.2, 0) is 12.1 Å². The second-order valence-corrected chi connectivity index (χ2v) is 7.88. The van der Waals surface area contributed by atoms with E-state index < -0.39 is 5.60 Å². The van der Waals surface area contributed by atoms with Crippen molar-refractivity contribution in [2.75, 3.05) is 7.11 Å². The highest BCUT2D eigenvalue weighted by atomic mass is 16.5. The minimum Gasteiger partial charge on any atom is -0.495 e. The first kappa shape index (κ1) is 20.1. The Morgan fingerprint density at radius 1 is 1.16 bits per heavy atom. The van der Waals surface area contributed by atoms with Gasteiger partial charge >= 0.3 is 0 Å². The molecule has 32 heavy (non-hydrogen) atoms. The van der Waals surface area contributed by atoms with E-state index in [4.69, 9.17) is 4.74 Å². The fourth-order valence-electron chi connectivity index (χ4n) is 4.07. The van der Waals surface area contributed by atoms with Crippen LogP contribution in [0.5, 0.6) is 5.75 Å². The third kappa shape index (κ3) is 3.58. The summed E-state index contributed by atoms with van der Waals surface area (Å²) in [6, 6.07) is 11.5. The second-order valence-electron chi connectivity index (χ2n) is 7.88. The molecule has 162 valence electrons. The van der Waals surface area contributed by atoms with E-state index in [1.807, 2.05) is 66.2 Å². The number of aryl methyl sites for hydroxylation is 2. The maximum Gasteiger partial charge on any atom is 0.174 e. The number of hydrogen-bond donors (Lipinski definition) is 1. The molecule has 0 fully saturated rings. The summed E-state index contributed by atoms with van der Waals surface area (Å²) < 4.78 is 9.30. The van der Waals surface area contributed by atoms with Gasteiger partial charge in [0.25, 0.3) is 0 Å². The van der Waals surface area contributed by atoms with Crippen molar-refractivity contribution in [3.05, 3.63) is 83.7 Å². The number of aliphatic hydroxyl groups is 1. The molecule has 0 spiro atoms. The van der Waals surface area contributed by atoms with Crippen molar-refractivity contribution >= 4 is 12.2 Å². The van der Waals surface area contributed by atoms with E-state index in [1.54, 1.807) is 24.3 Å². The van der Waals surface area contributed by atoms with Crippen LogP contribution in [0.4, 0.5) is 0 Å². The zero-order chi connectivity index (χ0) is 22.1. The van der Waals surface area contributed by atoms with Gasteiger partial charge in [0, 0.05) is 18.9 Å². The topological polar surface area (TPSA) is 90.9 Å². The first-order chi connectivity index (χ1) is 15.6. The van der Waals surface area contributed by atoms with Crippen LogP contribution < -0.4 is 4.74 Å². The molecular weight excluding hydrogens is 404 g/mol. The number of nitrogens with zero attached hydrogens (tertiary/aromatic N) is 6. The third-order valence-corrected chi connectivity index (χ3v) is 5.67. The third-order valence-electron chi connectivity index (χ3n) is 5.67. The number of aromatic nitrogens is 6. The Morgan fingerprint density at radius 2 is 2.06 bits per heavy atom. The molecule has 1 aliphatic heterocycles. The average molecular weight is 428 g/mol. The van der Waals surface area contributed by atoms with Crippen LogP contribution in [0.15, 0.2) is 55.1 Å². The van der Waals surface area contributed by atoms with Gasteiger partial charge in [-0.3, -0.25) is 4.98 Å². The molecule has 3 aromatic heterocycles. The minimum atomic E-state index is -1.23. The summed E-state index contributed by atoms with van der Waals surface area (Å²) in [7, 11) is 1.65. The molecule has 4 heterocycles. The van der Waals surface area contributed by atoms with Crippen LogP contribution in [0.3, 0.4) is 0 Å². The van der Waals surface area contributed by atoms with Gasteiger partial charge in [-0.05, 0) is 55.7 Å². The lowest BCUT2D eigenvalue weighted by atomic mass is 9.90. The Labute approximate surface area is 185 Å². The molecular formula is C24H24N6O2. The summed E-state index contributed by atoms with van der Waals surface area (Å²) >= 11 is 0. The maximum absolute atomic E-state index is 11.4. The highest BCUT2D eigenvalue weighted by Crippen LogP contribution is 2.35. The lowest BCUT2D eigenvalue weighted by Crippen LogP contribution is -2.36. The number of imidazole rings is 1. The zero-order valence-corrected chi connectivity index (χ0v) is 18.0. The molecule has 1 aliphatic rings. The SMILES string of the molecule is COc1cc(C=Cc2nc3n(n2)CCC[C@@]3(O)c2ccccn2)ccc1-n1cnc(C)c1. The molecule has 0 amide bonds. The van der Waals surface area contributed by atoms with Gasteiger partial charge in [-0.1, -0.05) is 18.2 Å². The maximum atomic E-state index is 11.4. The molecule has 4 aromatic rings. The quantitative estimate of drug-likeness (QED) is 0.524. The van der Waals surface area contributed by atoms with Gasteiger partial charge in [-0.25, -0.2) is 14.6 Å². The Morgan fingerprint density at radius 3 is 2.81 bits per heavy atom. The number of rotatable bonds is 5. The standard InChI is InChI=1S/C24H24N6O2/c1-17-15-29(16-26-17)19-9-7-18(14-20(19)32-2)8-10-22-27-23-24(31,11-5-13-30(23)28-22)21-6-3-4-12-25-21/h3-4,6-10,12,14-16,31H,5,11,13H2,1-2H3/t24-/m1/s1. The van der Waals surface area contributed by atoms with E-state index in [2.05, 4.69) is 20.1 Å². The van der Waals surface area contributed by atoms with Crippen LogP contribution in [0.25, 0.3) is 17.8 Å². The van der Waals surface area contributed by atoms with Gasteiger partial charge in [-0.15, -0.1) is 0 Å². The summed E-state index contributed by atoms with van der Waals surface area (Å²) in [4.78, 5) is 13.3. The summed E-state index contributed by atoms with van der Waals surface area (Å²) in [5.41, 5.74) is 2.18.